The maximum atomic E-state index is 5.65. The second kappa shape index (κ2) is 5.19. The first-order chi connectivity index (χ1) is 7.36. The number of aromatic nitrogens is 1. The summed E-state index contributed by atoms with van der Waals surface area (Å²) in [5.74, 6) is 0. The average molecular weight is 209 g/mol. The molecule has 15 heavy (non-hydrogen) atoms. The van der Waals surface area contributed by atoms with E-state index in [1.165, 1.54) is 5.69 Å². The van der Waals surface area contributed by atoms with E-state index in [1.54, 1.807) is 0 Å². The van der Waals surface area contributed by atoms with E-state index >= 15 is 0 Å². The first-order valence-electron chi connectivity index (χ1n) is 5.52. The van der Waals surface area contributed by atoms with E-state index in [-0.39, 0.29) is 0 Å². The van der Waals surface area contributed by atoms with Crippen LogP contribution in [0.3, 0.4) is 0 Å². The first-order valence-corrected chi connectivity index (χ1v) is 5.52. The van der Waals surface area contributed by atoms with Crippen LogP contribution in [-0.2, 0) is 4.74 Å². The molecule has 1 aromatic heterocycles. The summed E-state index contributed by atoms with van der Waals surface area (Å²) in [6, 6.07) is 2.08. The zero-order chi connectivity index (χ0) is 10.5. The molecule has 1 aromatic rings. The molecule has 0 bridgehead atoms. The van der Waals surface area contributed by atoms with Crippen molar-refractivity contribution in [3.8, 4) is 0 Å². The minimum atomic E-state index is 0.375. The molecule has 84 valence electrons. The van der Waals surface area contributed by atoms with E-state index < -0.39 is 0 Å². The molecule has 0 aliphatic carbocycles. The maximum Gasteiger partial charge on any atom is 0.0716 e. The average Bonchev–Trinajstić information content (AvgIpc) is 2.81. The number of aromatic amines is 1. The van der Waals surface area contributed by atoms with Crippen molar-refractivity contribution >= 4 is 5.69 Å². The Morgan fingerprint density at radius 2 is 2.53 bits per heavy atom. The molecule has 0 radical (unpaired) electrons. The van der Waals surface area contributed by atoms with E-state index in [0.29, 0.717) is 6.10 Å². The normalized spacial score (nSPS) is 21.5. The molecule has 1 saturated heterocycles. The van der Waals surface area contributed by atoms with Gasteiger partial charge in [-0.05, 0) is 12.5 Å². The monoisotopic (exact) mass is 209 g/mol. The Morgan fingerprint density at radius 1 is 1.60 bits per heavy atom. The smallest absolute Gasteiger partial charge is 0.0716 e. The quantitative estimate of drug-likeness (QED) is 0.771. The number of nitrogens with zero attached hydrogens (tertiary/aromatic N) is 1. The predicted molar refractivity (Wildman–Crippen MR) is 61.3 cm³/mol. The van der Waals surface area contributed by atoms with E-state index in [4.69, 9.17) is 4.74 Å². The standard InChI is InChI=1S/C11H19N3O/c1-14(10-2-4-12-8-10)6-3-11-9-13-5-7-15-11/h2,4,8,11-13H,3,5-7,9H2,1H3. The molecule has 0 spiro atoms. The summed E-state index contributed by atoms with van der Waals surface area (Å²) in [4.78, 5) is 5.31. The zero-order valence-corrected chi connectivity index (χ0v) is 9.20. The van der Waals surface area contributed by atoms with Gasteiger partial charge in [0.1, 0.15) is 0 Å². The first kappa shape index (κ1) is 10.5. The van der Waals surface area contributed by atoms with Crippen LogP contribution in [0.1, 0.15) is 6.42 Å². The molecule has 2 rings (SSSR count). The van der Waals surface area contributed by atoms with Crippen LogP contribution in [0, 0.1) is 0 Å². The second-order valence-corrected chi connectivity index (χ2v) is 3.98. The summed E-state index contributed by atoms with van der Waals surface area (Å²) >= 11 is 0. The van der Waals surface area contributed by atoms with Gasteiger partial charge in [-0.1, -0.05) is 0 Å². The Morgan fingerprint density at radius 3 is 3.20 bits per heavy atom. The van der Waals surface area contributed by atoms with Crippen LogP contribution in [0.2, 0.25) is 0 Å². The largest absolute Gasteiger partial charge is 0.376 e. The summed E-state index contributed by atoms with van der Waals surface area (Å²) in [6.45, 7) is 3.86. The molecule has 4 nitrogen and oxygen atoms in total. The number of hydrogen-bond donors (Lipinski definition) is 2. The number of ether oxygens (including phenoxy) is 1. The summed E-state index contributed by atoms with van der Waals surface area (Å²) in [5.41, 5.74) is 1.23. The Bertz CT molecular complexity index is 267. The number of rotatable bonds is 4. The molecular formula is C11H19N3O. The van der Waals surface area contributed by atoms with Gasteiger partial charge in [0, 0.05) is 39.1 Å². The highest BCUT2D eigenvalue weighted by Gasteiger charge is 2.13. The van der Waals surface area contributed by atoms with Crippen LogP contribution in [0.15, 0.2) is 18.5 Å². The lowest BCUT2D eigenvalue weighted by molar-refractivity contribution is 0.0250. The van der Waals surface area contributed by atoms with Crippen molar-refractivity contribution in [2.75, 3.05) is 38.2 Å². The topological polar surface area (TPSA) is 40.3 Å². The molecule has 1 unspecified atom stereocenters. The van der Waals surface area contributed by atoms with E-state index in [0.717, 1.165) is 32.7 Å². The summed E-state index contributed by atoms with van der Waals surface area (Å²) in [6.07, 6.45) is 5.42. The van der Waals surface area contributed by atoms with Crippen LogP contribution < -0.4 is 10.2 Å². The van der Waals surface area contributed by atoms with Gasteiger partial charge in [-0.25, -0.2) is 0 Å². The SMILES string of the molecule is CN(CCC1CNCCO1)c1cc[nH]c1. The molecule has 4 heteroatoms. The van der Waals surface area contributed by atoms with Crippen molar-refractivity contribution in [2.24, 2.45) is 0 Å². The highest BCUT2D eigenvalue weighted by Crippen LogP contribution is 2.11. The molecule has 2 N–H and O–H groups in total. The number of hydrogen-bond acceptors (Lipinski definition) is 3. The van der Waals surface area contributed by atoms with Gasteiger partial charge in [0.05, 0.1) is 18.4 Å². The third-order valence-electron chi connectivity index (χ3n) is 2.81. The van der Waals surface area contributed by atoms with Gasteiger partial charge >= 0.3 is 0 Å². The highest BCUT2D eigenvalue weighted by molar-refractivity contribution is 5.42. The van der Waals surface area contributed by atoms with E-state index in [2.05, 4.69) is 28.3 Å². The Kier molecular flexibility index (Phi) is 3.64. The molecule has 2 heterocycles. The van der Waals surface area contributed by atoms with E-state index in [1.807, 2.05) is 12.4 Å². The summed E-state index contributed by atoms with van der Waals surface area (Å²) < 4.78 is 5.65. The maximum absolute atomic E-state index is 5.65. The predicted octanol–water partition coefficient (Wildman–Crippen LogP) is 0.829. The molecular weight excluding hydrogens is 190 g/mol. The van der Waals surface area contributed by atoms with Crippen LogP contribution in [0.25, 0.3) is 0 Å². The summed E-state index contributed by atoms with van der Waals surface area (Å²) in [7, 11) is 2.11. The van der Waals surface area contributed by atoms with Crippen LogP contribution >= 0.6 is 0 Å². The van der Waals surface area contributed by atoms with Crippen LogP contribution in [0.5, 0.6) is 0 Å². The molecule has 0 saturated carbocycles. The number of anilines is 1. The fraction of sp³-hybridized carbons (Fsp3) is 0.636. The van der Waals surface area contributed by atoms with E-state index in [9.17, 15) is 0 Å². The number of morpholine rings is 1. The van der Waals surface area contributed by atoms with Gasteiger partial charge in [0.2, 0.25) is 0 Å². The third kappa shape index (κ3) is 2.97. The van der Waals surface area contributed by atoms with Gasteiger partial charge in [-0.15, -0.1) is 0 Å². The van der Waals surface area contributed by atoms with Crippen molar-refractivity contribution in [3.05, 3.63) is 18.5 Å². The van der Waals surface area contributed by atoms with Gasteiger partial charge < -0.3 is 19.9 Å². The lowest BCUT2D eigenvalue weighted by Crippen LogP contribution is -2.40. The molecule has 0 amide bonds. The van der Waals surface area contributed by atoms with Crippen molar-refractivity contribution < 1.29 is 4.74 Å². The van der Waals surface area contributed by atoms with Crippen LogP contribution in [0.4, 0.5) is 5.69 Å². The van der Waals surface area contributed by atoms with Gasteiger partial charge in [-0.3, -0.25) is 0 Å². The van der Waals surface area contributed by atoms with Gasteiger partial charge in [0.15, 0.2) is 0 Å². The Balaban J connectivity index is 1.73. The van der Waals surface area contributed by atoms with Crippen molar-refractivity contribution in [1.29, 1.82) is 0 Å². The fourth-order valence-electron chi connectivity index (χ4n) is 1.82. The third-order valence-corrected chi connectivity index (χ3v) is 2.81. The number of H-pyrrole nitrogens is 1. The number of nitrogens with one attached hydrogen (secondary N) is 2. The van der Waals surface area contributed by atoms with Crippen molar-refractivity contribution in [1.82, 2.24) is 10.3 Å². The summed E-state index contributed by atoms with van der Waals surface area (Å²) in [5, 5.41) is 3.34. The zero-order valence-electron chi connectivity index (χ0n) is 9.20. The van der Waals surface area contributed by atoms with Gasteiger partial charge in [0.25, 0.3) is 0 Å². The minimum Gasteiger partial charge on any atom is -0.376 e. The lowest BCUT2D eigenvalue weighted by atomic mass is 10.2. The molecule has 0 aromatic carbocycles. The lowest BCUT2D eigenvalue weighted by Gasteiger charge is -2.26. The fourth-order valence-corrected chi connectivity index (χ4v) is 1.82. The Hall–Kier alpha value is -1.00. The molecule has 1 fully saturated rings. The van der Waals surface area contributed by atoms with Gasteiger partial charge in [-0.2, -0.15) is 0 Å². The Labute approximate surface area is 90.6 Å². The molecule has 1 aliphatic heterocycles. The molecule has 1 aliphatic rings. The van der Waals surface area contributed by atoms with Crippen molar-refractivity contribution in [2.45, 2.75) is 12.5 Å². The second-order valence-electron chi connectivity index (χ2n) is 3.98. The highest BCUT2D eigenvalue weighted by atomic mass is 16.5. The molecule has 1 atom stereocenters. The van der Waals surface area contributed by atoms with Crippen LogP contribution in [-0.4, -0.2) is 44.4 Å². The van der Waals surface area contributed by atoms with Crippen molar-refractivity contribution in [3.63, 3.8) is 0 Å². The minimum absolute atomic E-state index is 0.375.